The van der Waals surface area contributed by atoms with Crippen LogP contribution in [0.4, 0.5) is 22.7 Å². The van der Waals surface area contributed by atoms with Gasteiger partial charge in [-0.2, -0.15) is 0 Å². The molecule has 6 rings (SSSR count). The van der Waals surface area contributed by atoms with Crippen LogP contribution in [0.2, 0.25) is 0 Å². The van der Waals surface area contributed by atoms with Crippen LogP contribution in [0.25, 0.3) is 0 Å². The van der Waals surface area contributed by atoms with Gasteiger partial charge in [0.2, 0.25) is 0 Å². The van der Waals surface area contributed by atoms with E-state index in [-0.39, 0.29) is 11.5 Å². The molecule has 5 aromatic carbocycles. The third-order valence-corrected chi connectivity index (χ3v) is 8.05. The topological polar surface area (TPSA) is 62.2 Å². The Labute approximate surface area is 252 Å². The van der Waals surface area contributed by atoms with E-state index in [1.807, 2.05) is 54.6 Å². The van der Waals surface area contributed by atoms with Crippen LogP contribution >= 0.6 is 0 Å². The molecule has 1 atom stereocenters. The van der Waals surface area contributed by atoms with Crippen LogP contribution in [0.1, 0.15) is 46.8 Å². The van der Waals surface area contributed by atoms with Gasteiger partial charge in [0, 0.05) is 59.3 Å². The van der Waals surface area contributed by atoms with Gasteiger partial charge in [-0.25, -0.2) is 4.79 Å². The van der Waals surface area contributed by atoms with Gasteiger partial charge in [-0.1, -0.05) is 60.7 Å². The van der Waals surface area contributed by atoms with Crippen LogP contribution in [0.5, 0.6) is 17.2 Å². The number of fused-ring (bicyclic) bond motifs is 2. The summed E-state index contributed by atoms with van der Waals surface area (Å²) in [7, 11) is 1.66. The Hall–Kier alpha value is -5.23. The van der Waals surface area contributed by atoms with Gasteiger partial charge in [0.05, 0.1) is 18.4 Å². The molecule has 0 radical (unpaired) electrons. The average molecular weight is 571 g/mol. The number of nitrogens with zero attached hydrogens (tertiary/aromatic N) is 2. The number of hydrogen-bond acceptors (Lipinski definition) is 5. The van der Waals surface area contributed by atoms with Crippen molar-refractivity contribution in [2.24, 2.45) is 0 Å². The van der Waals surface area contributed by atoms with Crippen LogP contribution in [-0.2, 0) is 0 Å². The van der Waals surface area contributed by atoms with E-state index >= 15 is 0 Å². The minimum absolute atomic E-state index is 0.263. The predicted octanol–water partition coefficient (Wildman–Crippen LogP) is 9.00. The largest absolute Gasteiger partial charge is 0.494 e. The van der Waals surface area contributed by atoms with Crippen molar-refractivity contribution in [3.8, 4) is 17.2 Å². The number of methoxy groups -OCH3 is 1. The smallest absolute Gasteiger partial charge is 0.335 e. The lowest BCUT2D eigenvalue weighted by atomic mass is 9.80. The predicted molar refractivity (Wildman–Crippen MR) is 172 cm³/mol. The van der Waals surface area contributed by atoms with Crippen molar-refractivity contribution < 1.29 is 19.4 Å². The number of carboxylic acid groups (broad SMARTS) is 1. The van der Waals surface area contributed by atoms with Gasteiger partial charge in [0.25, 0.3) is 0 Å². The fourth-order valence-electron chi connectivity index (χ4n) is 6.00. The molecule has 1 aliphatic rings. The van der Waals surface area contributed by atoms with E-state index in [1.165, 1.54) is 0 Å². The molecule has 1 unspecified atom stereocenters. The number of anilines is 4. The van der Waals surface area contributed by atoms with Gasteiger partial charge in [0.1, 0.15) is 17.2 Å². The lowest BCUT2D eigenvalue weighted by molar-refractivity contribution is 0.0695. The molecule has 5 aromatic rings. The first-order valence-corrected chi connectivity index (χ1v) is 14.5. The Morgan fingerprint density at radius 3 is 1.93 bits per heavy atom. The standard InChI is InChI=1S/C37H34N2O4/c1-4-38(5-2)27-20-21-30-33(22-27)43-34-24-35(42-3)32(23-31(34)36(30)28-18-12-13-19-29(28)37(40)41)39(25-14-8-6-9-15-25)26-16-10-7-11-17-26/h6-24,36H,4-5H2,1-3H3,(H,40,41). The Kier molecular flexibility index (Phi) is 7.75. The van der Waals surface area contributed by atoms with Crippen LogP contribution in [0, 0.1) is 0 Å². The van der Waals surface area contributed by atoms with Gasteiger partial charge in [-0.05, 0) is 61.9 Å². The maximum absolute atomic E-state index is 12.5. The number of carboxylic acids is 1. The maximum Gasteiger partial charge on any atom is 0.335 e. The summed E-state index contributed by atoms with van der Waals surface area (Å²) in [4.78, 5) is 16.9. The first kappa shape index (κ1) is 27.9. The molecule has 0 fully saturated rings. The Morgan fingerprint density at radius 1 is 0.721 bits per heavy atom. The highest BCUT2D eigenvalue weighted by Gasteiger charge is 2.34. The van der Waals surface area contributed by atoms with Crippen LogP contribution < -0.4 is 19.3 Å². The fourth-order valence-corrected chi connectivity index (χ4v) is 6.00. The van der Waals surface area contributed by atoms with Crippen molar-refractivity contribution in [2.75, 3.05) is 30.0 Å². The van der Waals surface area contributed by atoms with E-state index in [2.05, 4.69) is 72.2 Å². The average Bonchev–Trinajstić information content (AvgIpc) is 3.05. The second kappa shape index (κ2) is 11.9. The number of benzene rings is 5. The van der Waals surface area contributed by atoms with Crippen molar-refractivity contribution in [1.29, 1.82) is 0 Å². The lowest BCUT2D eigenvalue weighted by Gasteiger charge is -2.34. The molecular formula is C37H34N2O4. The third-order valence-electron chi connectivity index (χ3n) is 8.05. The maximum atomic E-state index is 12.5. The molecule has 1 heterocycles. The second-order valence-corrected chi connectivity index (χ2v) is 10.4. The van der Waals surface area contributed by atoms with E-state index in [4.69, 9.17) is 9.47 Å². The summed E-state index contributed by atoms with van der Waals surface area (Å²) in [6.07, 6.45) is 0. The molecule has 0 amide bonds. The van der Waals surface area contributed by atoms with E-state index in [9.17, 15) is 9.90 Å². The first-order chi connectivity index (χ1) is 21.0. The molecule has 43 heavy (non-hydrogen) atoms. The van der Waals surface area contributed by atoms with Crippen molar-refractivity contribution in [3.63, 3.8) is 0 Å². The van der Waals surface area contributed by atoms with Crippen molar-refractivity contribution in [3.05, 3.63) is 138 Å². The molecule has 1 aliphatic heterocycles. The molecule has 216 valence electrons. The van der Waals surface area contributed by atoms with Gasteiger partial charge in [-0.15, -0.1) is 0 Å². The highest BCUT2D eigenvalue weighted by Crippen LogP contribution is 2.53. The highest BCUT2D eigenvalue weighted by atomic mass is 16.5. The fraction of sp³-hybridized carbons (Fsp3) is 0.162. The molecule has 6 heteroatoms. The summed E-state index contributed by atoms with van der Waals surface area (Å²) in [6, 6.07) is 37.7. The molecule has 0 bridgehead atoms. The SMILES string of the molecule is CCN(CC)c1ccc2c(c1)Oc1cc(OC)c(N(c3ccccc3)c3ccccc3)cc1C2c1ccccc1C(=O)O. The molecule has 0 saturated heterocycles. The minimum atomic E-state index is -0.964. The summed E-state index contributed by atoms with van der Waals surface area (Å²) in [5, 5.41) is 10.2. The highest BCUT2D eigenvalue weighted by molar-refractivity contribution is 5.91. The van der Waals surface area contributed by atoms with Crippen molar-refractivity contribution in [2.45, 2.75) is 19.8 Å². The number of rotatable bonds is 9. The quantitative estimate of drug-likeness (QED) is 0.187. The number of aromatic carboxylic acids is 1. The zero-order chi connectivity index (χ0) is 29.9. The summed E-state index contributed by atoms with van der Waals surface area (Å²) in [6.45, 7) is 5.98. The number of ether oxygens (including phenoxy) is 2. The Balaban J connectivity index is 1.61. The zero-order valence-corrected chi connectivity index (χ0v) is 24.5. The molecule has 0 aromatic heterocycles. The molecule has 0 spiro atoms. The lowest BCUT2D eigenvalue weighted by Crippen LogP contribution is -2.22. The van der Waals surface area contributed by atoms with Crippen molar-refractivity contribution in [1.82, 2.24) is 0 Å². The summed E-state index contributed by atoms with van der Waals surface area (Å²) >= 11 is 0. The Bertz CT molecular complexity index is 1710. The van der Waals surface area contributed by atoms with Crippen LogP contribution in [0.15, 0.2) is 115 Å². The van der Waals surface area contributed by atoms with Crippen LogP contribution in [0.3, 0.4) is 0 Å². The van der Waals surface area contributed by atoms with E-state index in [1.54, 1.807) is 19.2 Å². The van der Waals surface area contributed by atoms with Crippen molar-refractivity contribution >= 4 is 28.7 Å². The minimum Gasteiger partial charge on any atom is -0.494 e. The summed E-state index contributed by atoms with van der Waals surface area (Å²) < 4.78 is 12.6. The van der Waals surface area contributed by atoms with Gasteiger partial charge in [0.15, 0.2) is 0 Å². The molecule has 0 saturated carbocycles. The molecular weight excluding hydrogens is 536 g/mol. The zero-order valence-electron chi connectivity index (χ0n) is 24.5. The van der Waals surface area contributed by atoms with Gasteiger partial charge >= 0.3 is 5.97 Å². The second-order valence-electron chi connectivity index (χ2n) is 10.4. The number of hydrogen-bond donors (Lipinski definition) is 1. The third kappa shape index (κ3) is 5.17. The van der Waals surface area contributed by atoms with Crippen LogP contribution in [-0.4, -0.2) is 31.3 Å². The molecule has 1 N–H and O–H groups in total. The number of carbonyl (C=O) groups is 1. The van der Waals surface area contributed by atoms with E-state index < -0.39 is 5.97 Å². The number of para-hydroxylation sites is 2. The van der Waals surface area contributed by atoms with E-state index in [0.717, 1.165) is 47.0 Å². The Morgan fingerprint density at radius 2 is 1.33 bits per heavy atom. The molecule has 0 aliphatic carbocycles. The normalized spacial score (nSPS) is 13.3. The van der Waals surface area contributed by atoms with Gasteiger partial charge < -0.3 is 24.4 Å². The first-order valence-electron chi connectivity index (χ1n) is 14.5. The van der Waals surface area contributed by atoms with Gasteiger partial charge in [-0.3, -0.25) is 0 Å². The van der Waals surface area contributed by atoms with E-state index in [0.29, 0.717) is 22.8 Å². The summed E-state index contributed by atoms with van der Waals surface area (Å²) in [5.74, 6) is 0.639. The molecule has 6 nitrogen and oxygen atoms in total. The monoisotopic (exact) mass is 570 g/mol. The summed E-state index contributed by atoms with van der Waals surface area (Å²) in [5.41, 5.74) is 6.57.